The Morgan fingerprint density at radius 2 is 2.24 bits per heavy atom. The van der Waals surface area contributed by atoms with Gasteiger partial charge in [-0.05, 0) is 13.8 Å². The van der Waals surface area contributed by atoms with Crippen LogP contribution >= 0.6 is 23.1 Å². The monoisotopic (exact) mass is 326 g/mol. The van der Waals surface area contributed by atoms with Gasteiger partial charge in [0, 0.05) is 17.8 Å². The second kappa shape index (κ2) is 7.23. The second-order valence-electron chi connectivity index (χ2n) is 4.03. The summed E-state index contributed by atoms with van der Waals surface area (Å²) < 4.78 is 12.6. The molecule has 0 unspecified atom stereocenters. The van der Waals surface area contributed by atoms with Gasteiger partial charge in [-0.1, -0.05) is 0 Å². The minimum atomic E-state index is -0.407. The first-order chi connectivity index (χ1) is 10.1. The van der Waals surface area contributed by atoms with Crippen molar-refractivity contribution in [2.45, 2.75) is 20.3 Å². The number of esters is 1. The van der Waals surface area contributed by atoms with Crippen molar-refractivity contribution < 1.29 is 14.3 Å². The summed E-state index contributed by atoms with van der Waals surface area (Å²) in [7, 11) is 0. The number of hydrogen-bond acceptors (Lipinski definition) is 8. The summed E-state index contributed by atoms with van der Waals surface area (Å²) in [5.41, 5.74) is 0.661. The molecule has 0 aliphatic heterocycles. The molecule has 0 aliphatic carbocycles. The number of thiazole rings is 1. The summed E-state index contributed by atoms with van der Waals surface area (Å²) in [6.07, 6.45) is 1.97. The number of ether oxygens (including phenoxy) is 1. The molecule has 0 atom stereocenters. The van der Waals surface area contributed by atoms with Gasteiger partial charge in [-0.3, -0.25) is 4.79 Å². The third kappa shape index (κ3) is 4.05. The molecule has 2 heterocycles. The number of amides is 1. The minimum Gasteiger partial charge on any atom is -0.461 e. The van der Waals surface area contributed by atoms with E-state index < -0.39 is 5.97 Å². The molecular weight excluding hydrogens is 312 g/mol. The SMILES string of the molecule is CCOC(=O)c1nc(CCNC(=O)c2cnsn2)sc1C. The zero-order valence-electron chi connectivity index (χ0n) is 11.6. The summed E-state index contributed by atoms with van der Waals surface area (Å²) >= 11 is 2.42. The van der Waals surface area contributed by atoms with Gasteiger partial charge in [-0.15, -0.1) is 11.3 Å². The van der Waals surface area contributed by atoms with Gasteiger partial charge >= 0.3 is 5.97 Å². The molecule has 0 fully saturated rings. The molecule has 7 nitrogen and oxygen atoms in total. The number of hydrogen-bond donors (Lipinski definition) is 1. The number of carbonyl (C=O) groups excluding carboxylic acids is 2. The molecular formula is C12H14N4O3S2. The molecule has 2 aromatic heterocycles. The molecule has 112 valence electrons. The van der Waals surface area contributed by atoms with Gasteiger partial charge in [0.15, 0.2) is 11.4 Å². The molecule has 2 aromatic rings. The van der Waals surface area contributed by atoms with Crippen molar-refractivity contribution in [3.63, 3.8) is 0 Å². The molecule has 0 aliphatic rings. The fourth-order valence-electron chi connectivity index (χ4n) is 1.59. The fourth-order valence-corrected chi connectivity index (χ4v) is 2.92. The van der Waals surface area contributed by atoms with E-state index >= 15 is 0 Å². The van der Waals surface area contributed by atoms with Crippen molar-refractivity contribution >= 4 is 34.9 Å². The lowest BCUT2D eigenvalue weighted by atomic mass is 10.3. The maximum Gasteiger partial charge on any atom is 0.358 e. The van der Waals surface area contributed by atoms with Crippen molar-refractivity contribution in [3.05, 3.63) is 27.5 Å². The Morgan fingerprint density at radius 3 is 2.90 bits per heavy atom. The lowest BCUT2D eigenvalue weighted by Gasteiger charge is -2.00. The average Bonchev–Trinajstić information content (AvgIpc) is 3.08. The highest BCUT2D eigenvalue weighted by atomic mass is 32.1. The van der Waals surface area contributed by atoms with E-state index in [1.54, 1.807) is 6.92 Å². The van der Waals surface area contributed by atoms with E-state index in [9.17, 15) is 9.59 Å². The summed E-state index contributed by atoms with van der Waals surface area (Å²) in [4.78, 5) is 28.4. The highest BCUT2D eigenvalue weighted by Gasteiger charge is 2.16. The van der Waals surface area contributed by atoms with E-state index in [1.165, 1.54) is 17.5 Å². The van der Waals surface area contributed by atoms with Crippen molar-refractivity contribution in [1.29, 1.82) is 0 Å². The third-order valence-corrected chi connectivity index (χ3v) is 4.04. The molecule has 1 amide bonds. The van der Waals surface area contributed by atoms with Crippen LogP contribution in [-0.2, 0) is 11.2 Å². The summed E-state index contributed by atoms with van der Waals surface area (Å²) in [5, 5.41) is 3.52. The van der Waals surface area contributed by atoms with Crippen LogP contribution in [0.5, 0.6) is 0 Å². The van der Waals surface area contributed by atoms with Crippen LogP contribution in [0, 0.1) is 6.92 Å². The van der Waals surface area contributed by atoms with Gasteiger partial charge in [-0.25, -0.2) is 9.78 Å². The molecule has 0 aromatic carbocycles. The Bertz CT molecular complexity index is 624. The van der Waals surface area contributed by atoms with Gasteiger partial charge in [0.25, 0.3) is 5.91 Å². The predicted octanol–water partition coefficient (Wildman–Crippen LogP) is 1.45. The summed E-state index contributed by atoms with van der Waals surface area (Å²) in [6.45, 7) is 4.32. The molecule has 9 heteroatoms. The first-order valence-electron chi connectivity index (χ1n) is 6.31. The number of nitrogens with zero attached hydrogens (tertiary/aromatic N) is 3. The van der Waals surface area contributed by atoms with Crippen molar-refractivity contribution in [2.24, 2.45) is 0 Å². The van der Waals surface area contributed by atoms with Gasteiger partial charge in [0.1, 0.15) is 0 Å². The highest BCUT2D eigenvalue weighted by molar-refractivity contribution is 7.11. The maximum absolute atomic E-state index is 11.7. The number of nitrogens with one attached hydrogen (secondary N) is 1. The predicted molar refractivity (Wildman–Crippen MR) is 78.8 cm³/mol. The van der Waals surface area contributed by atoms with E-state index in [4.69, 9.17) is 4.74 Å². The Hall–Kier alpha value is -1.87. The average molecular weight is 326 g/mol. The van der Waals surface area contributed by atoms with Crippen LogP contribution in [0.3, 0.4) is 0 Å². The Morgan fingerprint density at radius 1 is 1.43 bits per heavy atom. The van der Waals surface area contributed by atoms with Crippen molar-refractivity contribution in [2.75, 3.05) is 13.2 Å². The number of carbonyl (C=O) groups is 2. The summed E-state index contributed by atoms with van der Waals surface area (Å²) in [6, 6.07) is 0. The van der Waals surface area contributed by atoms with Gasteiger partial charge < -0.3 is 10.1 Å². The van der Waals surface area contributed by atoms with Gasteiger partial charge in [-0.2, -0.15) is 8.75 Å². The Labute approximate surface area is 129 Å². The Kier molecular flexibility index (Phi) is 5.34. The molecule has 0 radical (unpaired) electrons. The van der Waals surface area contributed by atoms with Crippen LogP contribution in [0.15, 0.2) is 6.20 Å². The van der Waals surface area contributed by atoms with E-state index in [2.05, 4.69) is 19.0 Å². The van der Waals surface area contributed by atoms with Crippen LogP contribution in [-0.4, -0.2) is 38.8 Å². The molecule has 0 saturated heterocycles. The topological polar surface area (TPSA) is 94.1 Å². The normalized spacial score (nSPS) is 10.4. The molecule has 0 spiro atoms. The zero-order valence-corrected chi connectivity index (χ0v) is 13.2. The lowest BCUT2D eigenvalue weighted by molar-refractivity contribution is 0.0519. The first-order valence-corrected chi connectivity index (χ1v) is 7.85. The molecule has 2 rings (SSSR count). The summed E-state index contributed by atoms with van der Waals surface area (Å²) in [5.74, 6) is -0.669. The number of rotatable bonds is 6. The van der Waals surface area contributed by atoms with Gasteiger partial charge in [0.2, 0.25) is 0 Å². The highest BCUT2D eigenvalue weighted by Crippen LogP contribution is 2.18. The molecule has 1 N–H and O–H groups in total. The second-order valence-corrected chi connectivity index (χ2v) is 5.88. The van der Waals surface area contributed by atoms with E-state index in [-0.39, 0.29) is 5.91 Å². The molecule has 0 bridgehead atoms. The van der Waals surface area contributed by atoms with Crippen LogP contribution in [0.25, 0.3) is 0 Å². The fraction of sp³-hybridized carbons (Fsp3) is 0.417. The smallest absolute Gasteiger partial charge is 0.358 e. The van der Waals surface area contributed by atoms with E-state index in [1.807, 2.05) is 6.92 Å². The van der Waals surface area contributed by atoms with Crippen LogP contribution in [0.2, 0.25) is 0 Å². The largest absolute Gasteiger partial charge is 0.461 e. The van der Waals surface area contributed by atoms with Gasteiger partial charge in [0.05, 0.1) is 29.5 Å². The number of aromatic nitrogens is 3. The van der Waals surface area contributed by atoms with E-state index in [0.717, 1.165) is 21.6 Å². The third-order valence-electron chi connectivity index (χ3n) is 2.53. The van der Waals surface area contributed by atoms with E-state index in [0.29, 0.717) is 31.0 Å². The lowest BCUT2D eigenvalue weighted by Crippen LogP contribution is -2.25. The van der Waals surface area contributed by atoms with Crippen LogP contribution < -0.4 is 5.32 Å². The Balaban J connectivity index is 1.88. The first kappa shape index (κ1) is 15.5. The quantitative estimate of drug-likeness (QED) is 0.808. The number of aryl methyl sites for hydroxylation is 1. The maximum atomic E-state index is 11.7. The zero-order chi connectivity index (χ0) is 15.2. The molecule has 21 heavy (non-hydrogen) atoms. The molecule has 0 saturated carbocycles. The van der Waals surface area contributed by atoms with Crippen molar-refractivity contribution in [3.8, 4) is 0 Å². The van der Waals surface area contributed by atoms with Crippen LogP contribution in [0.4, 0.5) is 0 Å². The standard InChI is InChI=1S/C12H14N4O3S2/c1-3-19-12(18)10-7(2)20-9(15-10)4-5-13-11(17)8-6-14-21-16-8/h6H,3-5H2,1-2H3,(H,13,17). The van der Waals surface area contributed by atoms with Crippen LogP contribution in [0.1, 0.15) is 37.8 Å². The van der Waals surface area contributed by atoms with Crippen molar-refractivity contribution in [1.82, 2.24) is 19.0 Å². The minimum absolute atomic E-state index is 0.261.